The molecule has 1 saturated heterocycles. The van der Waals surface area contributed by atoms with Crippen LogP contribution in [0.1, 0.15) is 29.6 Å². The maximum absolute atomic E-state index is 12.5. The zero-order valence-corrected chi connectivity index (χ0v) is 14.7. The molecule has 7 nitrogen and oxygen atoms in total. The van der Waals surface area contributed by atoms with Gasteiger partial charge in [0.2, 0.25) is 0 Å². The number of nitrogens with two attached hydrogens (primary N) is 1. The van der Waals surface area contributed by atoms with Crippen molar-refractivity contribution in [2.45, 2.75) is 25.4 Å². The van der Waals surface area contributed by atoms with Gasteiger partial charge in [-0.15, -0.1) is 12.4 Å². The van der Waals surface area contributed by atoms with Crippen molar-refractivity contribution in [3.8, 4) is 0 Å². The summed E-state index contributed by atoms with van der Waals surface area (Å²) < 4.78 is 5.70. The smallest absolute Gasteiger partial charge is 0.271 e. The van der Waals surface area contributed by atoms with Crippen molar-refractivity contribution >= 4 is 35.6 Å². The van der Waals surface area contributed by atoms with Gasteiger partial charge < -0.3 is 15.4 Å². The fourth-order valence-corrected chi connectivity index (χ4v) is 2.77. The van der Waals surface area contributed by atoms with E-state index in [1.54, 1.807) is 4.90 Å². The Morgan fingerprint density at radius 2 is 2.04 bits per heavy atom. The van der Waals surface area contributed by atoms with Crippen LogP contribution < -0.4 is 5.73 Å². The maximum atomic E-state index is 12.5. The molecule has 2 rings (SSSR count). The zero-order valence-electron chi connectivity index (χ0n) is 13.2. The molecule has 0 spiro atoms. The van der Waals surface area contributed by atoms with Gasteiger partial charge in [-0.05, 0) is 31.9 Å². The molecule has 1 aliphatic heterocycles. The molecule has 0 aromatic heterocycles. The van der Waals surface area contributed by atoms with E-state index < -0.39 is 4.92 Å². The molecule has 0 aliphatic carbocycles. The van der Waals surface area contributed by atoms with Gasteiger partial charge >= 0.3 is 0 Å². The topological polar surface area (TPSA) is 98.7 Å². The molecule has 0 saturated carbocycles. The summed E-state index contributed by atoms with van der Waals surface area (Å²) in [7, 11) is 0. The van der Waals surface area contributed by atoms with Crippen molar-refractivity contribution in [1.29, 1.82) is 0 Å². The number of halogens is 2. The predicted molar refractivity (Wildman–Crippen MR) is 93.9 cm³/mol. The number of benzene rings is 1. The average molecular weight is 378 g/mol. The van der Waals surface area contributed by atoms with Crippen molar-refractivity contribution < 1.29 is 14.5 Å². The van der Waals surface area contributed by atoms with Crippen LogP contribution in [0.3, 0.4) is 0 Å². The van der Waals surface area contributed by atoms with Gasteiger partial charge in [0.1, 0.15) is 0 Å². The summed E-state index contributed by atoms with van der Waals surface area (Å²) >= 11 is 5.87. The molecule has 1 aliphatic rings. The van der Waals surface area contributed by atoms with Gasteiger partial charge in [-0.1, -0.05) is 11.6 Å². The molecule has 1 fully saturated rings. The van der Waals surface area contributed by atoms with Gasteiger partial charge in [0.05, 0.1) is 11.0 Å². The Hall–Kier alpha value is -1.41. The van der Waals surface area contributed by atoms with Crippen LogP contribution >= 0.6 is 24.0 Å². The van der Waals surface area contributed by atoms with Gasteiger partial charge in [-0.3, -0.25) is 14.9 Å². The molecule has 0 radical (unpaired) electrons. The number of hydrogen-bond acceptors (Lipinski definition) is 5. The number of nitrogens with zero attached hydrogens (tertiary/aromatic N) is 2. The molecule has 1 heterocycles. The first kappa shape index (κ1) is 20.6. The van der Waals surface area contributed by atoms with E-state index >= 15 is 0 Å². The van der Waals surface area contributed by atoms with Crippen molar-refractivity contribution in [2.75, 3.05) is 26.2 Å². The van der Waals surface area contributed by atoms with E-state index in [1.807, 2.05) is 0 Å². The van der Waals surface area contributed by atoms with Crippen LogP contribution in [0.25, 0.3) is 0 Å². The molecular weight excluding hydrogens is 357 g/mol. The van der Waals surface area contributed by atoms with Crippen LogP contribution in [0.4, 0.5) is 5.69 Å². The second-order valence-corrected chi connectivity index (χ2v) is 5.90. The number of hydrogen-bond donors (Lipinski definition) is 1. The lowest BCUT2D eigenvalue weighted by molar-refractivity contribution is -0.384. The summed E-state index contributed by atoms with van der Waals surface area (Å²) in [6.45, 7) is 2.36. The van der Waals surface area contributed by atoms with Crippen LogP contribution in [0, 0.1) is 10.1 Å². The fraction of sp³-hybridized carbons (Fsp3) is 0.533. The van der Waals surface area contributed by atoms with Crippen LogP contribution in [0.15, 0.2) is 18.2 Å². The van der Waals surface area contributed by atoms with Crippen LogP contribution in [-0.4, -0.2) is 48.1 Å². The fourth-order valence-electron chi connectivity index (χ4n) is 2.54. The van der Waals surface area contributed by atoms with Gasteiger partial charge in [-0.25, -0.2) is 0 Å². The summed E-state index contributed by atoms with van der Waals surface area (Å²) in [5.74, 6) is -0.240. The number of carbonyl (C=O) groups excluding carboxylic acids is 1. The highest BCUT2D eigenvalue weighted by atomic mass is 35.5. The predicted octanol–water partition coefficient (Wildman–Crippen LogP) is 2.64. The molecular formula is C15H21Cl2N3O4. The third-order valence-electron chi connectivity index (χ3n) is 3.77. The number of ether oxygens (including phenoxy) is 1. The Morgan fingerprint density at radius 1 is 1.38 bits per heavy atom. The molecule has 134 valence electrons. The Balaban J connectivity index is 0.00000288. The number of rotatable bonds is 6. The van der Waals surface area contributed by atoms with Crippen molar-refractivity contribution in [3.63, 3.8) is 0 Å². The summed E-state index contributed by atoms with van der Waals surface area (Å²) in [5, 5.41) is 11.1. The first-order valence-corrected chi connectivity index (χ1v) is 7.95. The SMILES string of the molecule is Cl.NCCCOC1CCN(C(=O)c2cc(Cl)cc([N+](=O)[O-])c2)CC1. The van der Waals surface area contributed by atoms with E-state index in [9.17, 15) is 14.9 Å². The number of nitro benzene ring substituents is 1. The summed E-state index contributed by atoms with van der Waals surface area (Å²) in [5.41, 5.74) is 5.49. The number of piperidine rings is 1. The molecule has 24 heavy (non-hydrogen) atoms. The lowest BCUT2D eigenvalue weighted by atomic mass is 10.1. The first-order chi connectivity index (χ1) is 11.0. The second kappa shape index (κ2) is 9.78. The molecule has 0 atom stereocenters. The Labute approximate surface area is 151 Å². The van der Waals surface area contributed by atoms with Gasteiger partial charge in [-0.2, -0.15) is 0 Å². The number of nitro groups is 1. The van der Waals surface area contributed by atoms with Gasteiger partial charge in [0.25, 0.3) is 11.6 Å². The number of amides is 1. The summed E-state index contributed by atoms with van der Waals surface area (Å²) in [6, 6.07) is 3.95. The van der Waals surface area contributed by atoms with E-state index in [4.69, 9.17) is 22.1 Å². The largest absolute Gasteiger partial charge is 0.378 e. The van der Waals surface area contributed by atoms with Crippen molar-refractivity contribution in [1.82, 2.24) is 4.90 Å². The summed E-state index contributed by atoms with van der Waals surface area (Å²) in [6.07, 6.45) is 2.46. The monoisotopic (exact) mass is 377 g/mol. The normalized spacial score (nSPS) is 15.0. The Bertz CT molecular complexity index is 578. The number of carbonyl (C=O) groups is 1. The lowest BCUT2D eigenvalue weighted by Gasteiger charge is -2.32. The Morgan fingerprint density at radius 3 is 2.62 bits per heavy atom. The highest BCUT2D eigenvalue weighted by Crippen LogP contribution is 2.23. The molecule has 1 aromatic rings. The maximum Gasteiger partial charge on any atom is 0.271 e. The third kappa shape index (κ3) is 5.59. The quantitative estimate of drug-likeness (QED) is 0.466. The van der Waals surface area contributed by atoms with Crippen molar-refractivity contribution in [2.24, 2.45) is 5.73 Å². The highest BCUT2D eigenvalue weighted by Gasteiger charge is 2.25. The molecule has 1 aromatic carbocycles. The summed E-state index contributed by atoms with van der Waals surface area (Å²) in [4.78, 5) is 24.5. The number of likely N-dealkylation sites (tertiary alicyclic amines) is 1. The van der Waals surface area contributed by atoms with E-state index in [2.05, 4.69) is 0 Å². The minimum atomic E-state index is -0.555. The molecule has 1 amide bonds. The molecule has 9 heteroatoms. The minimum Gasteiger partial charge on any atom is -0.378 e. The van der Waals surface area contributed by atoms with E-state index in [-0.39, 0.29) is 40.7 Å². The first-order valence-electron chi connectivity index (χ1n) is 7.57. The third-order valence-corrected chi connectivity index (χ3v) is 3.99. The Kier molecular flexibility index (Phi) is 8.41. The molecule has 2 N–H and O–H groups in total. The molecule has 0 unspecified atom stereocenters. The van der Waals surface area contributed by atoms with E-state index in [0.717, 1.165) is 19.3 Å². The van der Waals surface area contributed by atoms with Crippen LogP contribution in [0.5, 0.6) is 0 Å². The second-order valence-electron chi connectivity index (χ2n) is 5.46. The highest BCUT2D eigenvalue weighted by molar-refractivity contribution is 6.31. The lowest BCUT2D eigenvalue weighted by Crippen LogP contribution is -2.41. The van der Waals surface area contributed by atoms with Crippen LogP contribution in [-0.2, 0) is 4.74 Å². The van der Waals surface area contributed by atoms with Gasteiger partial charge in [0.15, 0.2) is 0 Å². The average Bonchev–Trinajstić information content (AvgIpc) is 2.54. The molecule has 0 bridgehead atoms. The minimum absolute atomic E-state index is 0. The number of non-ortho nitro benzene ring substituents is 1. The van der Waals surface area contributed by atoms with E-state index in [1.165, 1.54) is 18.2 Å². The van der Waals surface area contributed by atoms with Crippen LogP contribution in [0.2, 0.25) is 5.02 Å². The standard InChI is InChI=1S/C15H20ClN3O4.ClH/c16-12-8-11(9-13(10-12)19(21)22)15(20)18-5-2-14(3-6-18)23-7-1-4-17;/h8-10,14H,1-7,17H2;1H. The zero-order chi connectivity index (χ0) is 16.8. The van der Waals surface area contributed by atoms with Crippen molar-refractivity contribution in [3.05, 3.63) is 38.9 Å². The van der Waals surface area contributed by atoms with Gasteiger partial charge in [0, 0.05) is 42.4 Å². The van der Waals surface area contributed by atoms with E-state index in [0.29, 0.717) is 26.2 Å².